The topological polar surface area (TPSA) is 12.0 Å². The largest absolute Gasteiger partial charge is 0.423 e. The van der Waals surface area contributed by atoms with Gasteiger partial charge in [-0.3, -0.25) is 4.72 Å². The van der Waals surface area contributed by atoms with Crippen LogP contribution in [0.2, 0.25) is 0 Å². The zero-order chi connectivity index (χ0) is 6.91. The second-order valence-electron chi connectivity index (χ2n) is 1.43. The number of halogens is 3. The fourth-order valence-electron chi connectivity index (χ4n) is 0.419. The molecular weight excluding hydrogens is 151 g/mol. The van der Waals surface area contributed by atoms with Gasteiger partial charge in [-0.1, -0.05) is 0 Å². The van der Waals surface area contributed by atoms with Crippen molar-refractivity contribution >= 4 is 11.9 Å². The Kier molecular flexibility index (Phi) is 1.72. The molecule has 0 unspecified atom stereocenters. The molecule has 0 saturated heterocycles. The van der Waals surface area contributed by atoms with Crippen molar-refractivity contribution < 1.29 is 13.2 Å². The summed E-state index contributed by atoms with van der Waals surface area (Å²) >= 11 is 0.580. The minimum absolute atomic E-state index is 0.180. The molecule has 5 heteroatoms. The van der Waals surface area contributed by atoms with Crippen LogP contribution >= 0.6 is 11.9 Å². The van der Waals surface area contributed by atoms with Crippen LogP contribution in [0.25, 0.3) is 0 Å². The lowest BCUT2D eigenvalue weighted by Crippen LogP contribution is -2.07. The summed E-state index contributed by atoms with van der Waals surface area (Å²) in [6, 6.07) is 0. The molecule has 1 rings (SSSR count). The summed E-state index contributed by atoms with van der Waals surface area (Å²) in [5.74, 6) is 0. The quantitative estimate of drug-likeness (QED) is 0.530. The van der Waals surface area contributed by atoms with Crippen molar-refractivity contribution in [3.05, 3.63) is 11.0 Å². The summed E-state index contributed by atoms with van der Waals surface area (Å²) in [5, 5.41) is 0. The third kappa shape index (κ3) is 1.62. The van der Waals surface area contributed by atoms with Crippen LogP contribution in [0.3, 0.4) is 0 Å². The minimum Gasteiger partial charge on any atom is -0.255 e. The SMILES string of the molecule is FC(F)(F)C1=[C]CNS1. The van der Waals surface area contributed by atoms with E-state index in [2.05, 4.69) is 10.8 Å². The molecule has 0 aliphatic carbocycles. The standard InChI is InChI=1S/C4H3F3NS/c5-4(6,7)3-1-2-8-9-3/h8H,2H2. The number of rotatable bonds is 0. The van der Waals surface area contributed by atoms with Gasteiger partial charge < -0.3 is 0 Å². The van der Waals surface area contributed by atoms with E-state index >= 15 is 0 Å². The van der Waals surface area contributed by atoms with Gasteiger partial charge in [0, 0.05) is 6.54 Å². The molecule has 9 heavy (non-hydrogen) atoms. The molecule has 1 aliphatic heterocycles. The van der Waals surface area contributed by atoms with Gasteiger partial charge in [0.25, 0.3) is 0 Å². The molecule has 0 aromatic rings. The highest BCUT2D eigenvalue weighted by Crippen LogP contribution is 2.34. The van der Waals surface area contributed by atoms with Crippen LogP contribution in [-0.4, -0.2) is 12.7 Å². The third-order valence-electron chi connectivity index (χ3n) is 0.753. The second kappa shape index (κ2) is 2.22. The van der Waals surface area contributed by atoms with E-state index in [1.165, 1.54) is 0 Å². The minimum atomic E-state index is -4.21. The van der Waals surface area contributed by atoms with Crippen molar-refractivity contribution in [2.45, 2.75) is 6.18 Å². The van der Waals surface area contributed by atoms with Gasteiger partial charge in [0.05, 0.1) is 0 Å². The first-order valence-electron chi connectivity index (χ1n) is 2.18. The number of hydrogen-bond donors (Lipinski definition) is 1. The van der Waals surface area contributed by atoms with E-state index in [0.717, 1.165) is 0 Å². The van der Waals surface area contributed by atoms with E-state index < -0.39 is 11.1 Å². The van der Waals surface area contributed by atoms with E-state index in [4.69, 9.17) is 0 Å². The molecule has 0 spiro atoms. The molecule has 1 aliphatic rings. The van der Waals surface area contributed by atoms with Gasteiger partial charge in [-0.2, -0.15) is 13.2 Å². The smallest absolute Gasteiger partial charge is 0.255 e. The molecular formula is C4H3F3NS. The second-order valence-corrected chi connectivity index (χ2v) is 2.33. The van der Waals surface area contributed by atoms with Crippen molar-refractivity contribution in [3.63, 3.8) is 0 Å². The van der Waals surface area contributed by atoms with Crippen LogP contribution in [0.15, 0.2) is 4.91 Å². The Morgan fingerprint density at radius 1 is 1.56 bits per heavy atom. The van der Waals surface area contributed by atoms with Gasteiger partial charge in [0.2, 0.25) is 0 Å². The van der Waals surface area contributed by atoms with E-state index in [1.54, 1.807) is 0 Å². The van der Waals surface area contributed by atoms with Crippen LogP contribution in [0.4, 0.5) is 13.2 Å². The Morgan fingerprint density at radius 2 is 2.22 bits per heavy atom. The Labute approximate surface area is 54.4 Å². The van der Waals surface area contributed by atoms with Gasteiger partial charge in [0.1, 0.15) is 4.91 Å². The number of allylic oxidation sites excluding steroid dienone is 1. The van der Waals surface area contributed by atoms with Crippen molar-refractivity contribution in [1.29, 1.82) is 0 Å². The van der Waals surface area contributed by atoms with Gasteiger partial charge >= 0.3 is 6.18 Å². The van der Waals surface area contributed by atoms with E-state index in [-0.39, 0.29) is 6.54 Å². The summed E-state index contributed by atoms with van der Waals surface area (Å²) in [5.41, 5.74) is 0. The van der Waals surface area contributed by atoms with Crippen molar-refractivity contribution in [3.8, 4) is 0 Å². The fraction of sp³-hybridized carbons (Fsp3) is 0.500. The van der Waals surface area contributed by atoms with Gasteiger partial charge in [-0.25, -0.2) is 0 Å². The summed E-state index contributed by atoms with van der Waals surface area (Å²) in [6.45, 7) is 0.180. The monoisotopic (exact) mass is 154 g/mol. The highest BCUT2D eigenvalue weighted by atomic mass is 32.2. The molecule has 0 amide bonds. The molecule has 0 aromatic heterocycles. The zero-order valence-corrected chi connectivity index (χ0v) is 5.07. The average molecular weight is 154 g/mol. The van der Waals surface area contributed by atoms with Crippen LogP contribution < -0.4 is 4.72 Å². The first kappa shape index (κ1) is 6.95. The third-order valence-corrected chi connectivity index (χ3v) is 1.62. The van der Waals surface area contributed by atoms with Crippen molar-refractivity contribution in [2.24, 2.45) is 0 Å². The molecule has 0 fully saturated rings. The van der Waals surface area contributed by atoms with Crippen LogP contribution in [-0.2, 0) is 0 Å². The lowest BCUT2D eigenvalue weighted by Gasteiger charge is -2.03. The molecule has 0 aromatic carbocycles. The van der Waals surface area contributed by atoms with E-state index in [1.807, 2.05) is 0 Å². The highest BCUT2D eigenvalue weighted by molar-refractivity contribution is 8.01. The average Bonchev–Trinajstić information content (AvgIpc) is 2.08. The molecule has 1 N–H and O–H groups in total. The first-order chi connectivity index (χ1) is 4.11. The predicted molar refractivity (Wildman–Crippen MR) is 28.4 cm³/mol. The molecule has 51 valence electrons. The van der Waals surface area contributed by atoms with Crippen LogP contribution in [0.5, 0.6) is 0 Å². The lowest BCUT2D eigenvalue weighted by atomic mass is 10.5. The molecule has 1 radical (unpaired) electrons. The lowest BCUT2D eigenvalue weighted by molar-refractivity contribution is -0.0839. The Bertz CT molecular complexity index is 139. The van der Waals surface area contributed by atoms with E-state index in [9.17, 15) is 13.2 Å². The number of alkyl halides is 3. The molecule has 0 atom stereocenters. The van der Waals surface area contributed by atoms with Crippen molar-refractivity contribution in [2.75, 3.05) is 6.54 Å². The molecule has 0 saturated carbocycles. The van der Waals surface area contributed by atoms with Gasteiger partial charge in [0.15, 0.2) is 0 Å². The zero-order valence-electron chi connectivity index (χ0n) is 4.25. The summed E-state index contributed by atoms with van der Waals surface area (Å²) in [4.78, 5) is -0.664. The molecule has 0 bridgehead atoms. The molecule has 1 nitrogen and oxygen atoms in total. The van der Waals surface area contributed by atoms with Crippen LogP contribution in [0, 0.1) is 6.08 Å². The Hall–Kier alpha value is -0.160. The van der Waals surface area contributed by atoms with Gasteiger partial charge in [-0.05, 0) is 18.0 Å². The number of hydrogen-bond acceptors (Lipinski definition) is 2. The summed E-state index contributed by atoms with van der Waals surface area (Å²) < 4.78 is 37.2. The molecule has 1 heterocycles. The maximum atomic E-state index is 11.6. The Morgan fingerprint density at radius 3 is 2.44 bits per heavy atom. The fourth-order valence-corrected chi connectivity index (χ4v) is 0.968. The van der Waals surface area contributed by atoms with Crippen molar-refractivity contribution in [1.82, 2.24) is 4.72 Å². The maximum Gasteiger partial charge on any atom is 0.423 e. The summed E-state index contributed by atoms with van der Waals surface area (Å²) in [7, 11) is 0. The Balaban J connectivity index is 2.61. The normalized spacial score (nSPS) is 20.1. The van der Waals surface area contributed by atoms with Gasteiger partial charge in [-0.15, -0.1) is 0 Å². The summed E-state index contributed by atoms with van der Waals surface area (Å²) in [6.07, 6.45) is -2.07. The number of nitrogens with one attached hydrogen (secondary N) is 1. The van der Waals surface area contributed by atoms with Crippen LogP contribution in [0.1, 0.15) is 0 Å². The maximum absolute atomic E-state index is 11.6. The highest BCUT2D eigenvalue weighted by Gasteiger charge is 2.35. The predicted octanol–water partition coefficient (Wildman–Crippen LogP) is 1.49. The first-order valence-corrected chi connectivity index (χ1v) is 3.00. The van der Waals surface area contributed by atoms with E-state index in [0.29, 0.717) is 11.9 Å².